The van der Waals surface area contributed by atoms with E-state index < -0.39 is 0 Å². The molecule has 1 aromatic rings. The van der Waals surface area contributed by atoms with Crippen molar-refractivity contribution in [2.75, 3.05) is 47.0 Å². The van der Waals surface area contributed by atoms with Crippen LogP contribution in [0.3, 0.4) is 0 Å². The Hall–Kier alpha value is -2.66. The molecule has 1 fully saturated rings. The quantitative estimate of drug-likeness (QED) is 0.586. The van der Waals surface area contributed by atoms with Crippen LogP contribution in [0.1, 0.15) is 30.4 Å². The molecule has 7 heteroatoms. The van der Waals surface area contributed by atoms with Crippen molar-refractivity contribution < 1.29 is 9.84 Å². The van der Waals surface area contributed by atoms with Crippen LogP contribution < -0.4 is 5.32 Å². The fraction of sp³-hybridized carbons (Fsp3) is 0.520. The van der Waals surface area contributed by atoms with E-state index in [0.29, 0.717) is 30.2 Å². The molecule has 0 spiro atoms. The summed E-state index contributed by atoms with van der Waals surface area (Å²) in [4.78, 5) is 9.33. The first kappa shape index (κ1) is 24.0. The van der Waals surface area contributed by atoms with Gasteiger partial charge in [-0.05, 0) is 43.4 Å². The van der Waals surface area contributed by atoms with Crippen molar-refractivity contribution in [1.29, 1.82) is 5.26 Å². The molecule has 2 aliphatic rings. The van der Waals surface area contributed by atoms with Gasteiger partial charge >= 0.3 is 0 Å². The van der Waals surface area contributed by atoms with E-state index in [4.69, 9.17) is 9.73 Å². The highest BCUT2D eigenvalue weighted by atomic mass is 16.5. The summed E-state index contributed by atoms with van der Waals surface area (Å²) in [6.07, 6.45) is 3.50. The third-order valence-electron chi connectivity index (χ3n) is 6.22. The minimum atomic E-state index is 0.236. The van der Waals surface area contributed by atoms with E-state index in [1.165, 1.54) is 11.1 Å². The lowest BCUT2D eigenvalue weighted by Crippen LogP contribution is -2.38. The lowest BCUT2D eigenvalue weighted by molar-refractivity contribution is 0.158. The van der Waals surface area contributed by atoms with Gasteiger partial charge in [-0.3, -0.25) is 4.90 Å². The summed E-state index contributed by atoms with van der Waals surface area (Å²) >= 11 is 0. The standard InChI is InChI=1S/C25H35N5O2/c1-19-23(17-26)25(30-11-8-20(9-12-30)10-14-31)28-24(27-19)16-21-6-4-5-7-22(21)18-29(2)13-15-32-3/h4-7,20,31H,1,8-16,18H2,2-3H3,(H,27,28). The Morgan fingerprint density at radius 2 is 2.03 bits per heavy atom. The van der Waals surface area contributed by atoms with E-state index in [9.17, 15) is 10.4 Å². The van der Waals surface area contributed by atoms with E-state index in [-0.39, 0.29) is 6.61 Å². The first-order valence-electron chi connectivity index (χ1n) is 11.3. The molecule has 172 valence electrons. The number of aliphatic hydroxyl groups excluding tert-OH is 1. The predicted octanol–water partition coefficient (Wildman–Crippen LogP) is 2.65. The van der Waals surface area contributed by atoms with E-state index in [0.717, 1.165) is 57.1 Å². The molecular formula is C25H35N5O2. The number of amidine groups is 1. The van der Waals surface area contributed by atoms with E-state index in [2.05, 4.69) is 59.1 Å². The molecule has 1 aromatic carbocycles. The molecule has 2 N–H and O–H groups in total. The Kier molecular flexibility index (Phi) is 8.86. The van der Waals surface area contributed by atoms with Gasteiger partial charge in [0.05, 0.1) is 12.3 Å². The summed E-state index contributed by atoms with van der Waals surface area (Å²) in [6.45, 7) is 8.42. The average Bonchev–Trinajstić information content (AvgIpc) is 2.79. The monoisotopic (exact) mass is 437 g/mol. The molecule has 0 radical (unpaired) electrons. The maximum atomic E-state index is 9.74. The highest BCUT2D eigenvalue weighted by Gasteiger charge is 2.26. The maximum absolute atomic E-state index is 9.74. The SMILES string of the molecule is C=C1NC(Cc2ccccc2CN(C)CCOC)=NC(N2CCC(CCO)CC2)=C1C#N. The van der Waals surface area contributed by atoms with Crippen molar-refractivity contribution in [3.05, 3.63) is 59.1 Å². The fourth-order valence-electron chi connectivity index (χ4n) is 4.31. The lowest BCUT2D eigenvalue weighted by Gasteiger charge is -2.35. The molecule has 2 heterocycles. The second kappa shape index (κ2) is 11.8. The van der Waals surface area contributed by atoms with E-state index in [1.807, 2.05) is 0 Å². The Morgan fingerprint density at radius 3 is 2.69 bits per heavy atom. The van der Waals surface area contributed by atoms with Crippen LogP contribution in [0.4, 0.5) is 0 Å². The molecule has 3 rings (SSSR count). The molecule has 0 aliphatic carbocycles. The number of allylic oxidation sites excluding steroid dienone is 1. The minimum absolute atomic E-state index is 0.236. The zero-order valence-corrected chi connectivity index (χ0v) is 19.3. The van der Waals surface area contributed by atoms with Gasteiger partial charge in [0.25, 0.3) is 0 Å². The number of piperidine rings is 1. The van der Waals surface area contributed by atoms with Gasteiger partial charge < -0.3 is 20.1 Å². The van der Waals surface area contributed by atoms with Gasteiger partial charge in [-0.1, -0.05) is 30.8 Å². The number of methoxy groups -OCH3 is 1. The molecule has 0 saturated carbocycles. The van der Waals surface area contributed by atoms with Gasteiger partial charge in [-0.15, -0.1) is 0 Å². The number of nitriles is 1. The molecule has 0 atom stereocenters. The van der Waals surface area contributed by atoms with Gasteiger partial charge in [0.15, 0.2) is 5.82 Å². The lowest BCUT2D eigenvalue weighted by atomic mass is 9.93. The Balaban J connectivity index is 1.77. The van der Waals surface area contributed by atoms with Crippen LogP contribution in [0.2, 0.25) is 0 Å². The largest absolute Gasteiger partial charge is 0.396 e. The summed E-state index contributed by atoms with van der Waals surface area (Å²) in [7, 11) is 3.81. The highest BCUT2D eigenvalue weighted by Crippen LogP contribution is 2.28. The topological polar surface area (TPSA) is 84.1 Å². The Bertz CT molecular complexity index is 894. The number of hydrogen-bond donors (Lipinski definition) is 2. The minimum Gasteiger partial charge on any atom is -0.396 e. The van der Waals surface area contributed by atoms with Crippen molar-refractivity contribution >= 4 is 5.84 Å². The number of likely N-dealkylation sites (N-methyl/N-ethyl adjacent to an activating group) is 1. The maximum Gasteiger partial charge on any atom is 0.150 e. The number of likely N-dealkylation sites (tertiary alicyclic amines) is 1. The number of aliphatic imine (C=N–C) groups is 1. The van der Waals surface area contributed by atoms with Crippen molar-refractivity contribution in [3.8, 4) is 6.07 Å². The molecule has 7 nitrogen and oxygen atoms in total. The third kappa shape index (κ3) is 6.19. The van der Waals surface area contributed by atoms with Crippen LogP contribution in [0, 0.1) is 17.2 Å². The number of nitrogens with zero attached hydrogens (tertiary/aromatic N) is 4. The normalized spacial score (nSPS) is 17.4. The summed E-state index contributed by atoms with van der Waals surface area (Å²) in [6, 6.07) is 10.7. The third-order valence-corrected chi connectivity index (χ3v) is 6.22. The van der Waals surface area contributed by atoms with Gasteiger partial charge in [-0.25, -0.2) is 4.99 Å². The van der Waals surface area contributed by atoms with Crippen LogP contribution in [0.5, 0.6) is 0 Å². The Labute approximate surface area is 191 Å². The van der Waals surface area contributed by atoms with Crippen molar-refractivity contribution in [3.63, 3.8) is 0 Å². The summed E-state index contributed by atoms with van der Waals surface area (Å²) < 4.78 is 5.20. The van der Waals surface area contributed by atoms with Gasteiger partial charge in [-0.2, -0.15) is 5.26 Å². The molecule has 0 amide bonds. The van der Waals surface area contributed by atoms with Crippen molar-refractivity contribution in [1.82, 2.24) is 15.1 Å². The zero-order valence-electron chi connectivity index (χ0n) is 19.3. The molecule has 0 unspecified atom stereocenters. The van der Waals surface area contributed by atoms with Crippen LogP contribution in [0.15, 0.2) is 52.9 Å². The zero-order chi connectivity index (χ0) is 22.9. The molecule has 0 aromatic heterocycles. The predicted molar refractivity (Wildman–Crippen MR) is 127 cm³/mol. The summed E-state index contributed by atoms with van der Waals surface area (Å²) in [5, 5.41) is 22.2. The number of benzene rings is 1. The number of aliphatic hydroxyl groups is 1. The Morgan fingerprint density at radius 1 is 1.31 bits per heavy atom. The van der Waals surface area contributed by atoms with Crippen LogP contribution in [0.25, 0.3) is 0 Å². The van der Waals surface area contributed by atoms with Crippen LogP contribution in [-0.4, -0.2) is 67.7 Å². The first-order valence-corrected chi connectivity index (χ1v) is 11.3. The van der Waals surface area contributed by atoms with Crippen molar-refractivity contribution in [2.24, 2.45) is 10.9 Å². The molecule has 2 aliphatic heterocycles. The number of rotatable bonds is 10. The van der Waals surface area contributed by atoms with Gasteiger partial charge in [0.1, 0.15) is 17.5 Å². The van der Waals surface area contributed by atoms with Crippen LogP contribution in [-0.2, 0) is 17.7 Å². The van der Waals surface area contributed by atoms with Crippen LogP contribution >= 0.6 is 0 Å². The highest BCUT2D eigenvalue weighted by molar-refractivity contribution is 5.89. The molecule has 1 saturated heterocycles. The first-order chi connectivity index (χ1) is 15.5. The van der Waals surface area contributed by atoms with Gasteiger partial charge in [0, 0.05) is 46.3 Å². The molecular weight excluding hydrogens is 402 g/mol. The number of nitrogens with one attached hydrogen (secondary N) is 1. The van der Waals surface area contributed by atoms with E-state index in [1.54, 1.807) is 7.11 Å². The van der Waals surface area contributed by atoms with Gasteiger partial charge in [0.2, 0.25) is 0 Å². The fourth-order valence-corrected chi connectivity index (χ4v) is 4.31. The second-order valence-corrected chi connectivity index (χ2v) is 8.59. The number of hydrogen-bond acceptors (Lipinski definition) is 7. The smallest absolute Gasteiger partial charge is 0.150 e. The summed E-state index contributed by atoms with van der Waals surface area (Å²) in [5.74, 6) is 2.08. The second-order valence-electron chi connectivity index (χ2n) is 8.59. The average molecular weight is 438 g/mol. The molecule has 0 bridgehead atoms. The number of ether oxygens (including phenoxy) is 1. The summed E-state index contributed by atoms with van der Waals surface area (Å²) in [5.41, 5.74) is 3.58. The van der Waals surface area contributed by atoms with Crippen molar-refractivity contribution in [2.45, 2.75) is 32.2 Å². The van der Waals surface area contributed by atoms with E-state index >= 15 is 0 Å². The molecule has 32 heavy (non-hydrogen) atoms.